The molecule has 2 rings (SSSR count). The lowest BCUT2D eigenvalue weighted by atomic mass is 9.87. The SMILES string of the molecule is COc1ccccc1CN(C)C(=O)[C@@H](C)Oc1ccc(C(C)(C)C)cc1. The summed E-state index contributed by atoms with van der Waals surface area (Å²) in [4.78, 5) is 14.3. The number of carbonyl (C=O) groups excluding carboxylic acids is 1. The van der Waals surface area contributed by atoms with Crippen molar-refractivity contribution in [3.05, 3.63) is 59.7 Å². The van der Waals surface area contributed by atoms with Crippen molar-refractivity contribution in [1.29, 1.82) is 0 Å². The summed E-state index contributed by atoms with van der Waals surface area (Å²) in [5, 5.41) is 0. The number of para-hydroxylation sites is 1. The highest BCUT2D eigenvalue weighted by Gasteiger charge is 2.21. The zero-order chi connectivity index (χ0) is 19.3. The van der Waals surface area contributed by atoms with E-state index in [0.29, 0.717) is 12.3 Å². The lowest BCUT2D eigenvalue weighted by Gasteiger charge is -2.23. The first-order valence-electron chi connectivity index (χ1n) is 8.86. The van der Waals surface area contributed by atoms with Crippen LogP contribution < -0.4 is 9.47 Å². The van der Waals surface area contributed by atoms with Gasteiger partial charge >= 0.3 is 0 Å². The number of hydrogen-bond donors (Lipinski definition) is 0. The summed E-state index contributed by atoms with van der Waals surface area (Å²) < 4.78 is 11.2. The Hall–Kier alpha value is -2.49. The summed E-state index contributed by atoms with van der Waals surface area (Å²) in [7, 11) is 3.41. The molecule has 1 atom stereocenters. The highest BCUT2D eigenvalue weighted by molar-refractivity contribution is 5.80. The molecule has 0 aliphatic rings. The second kappa shape index (κ2) is 8.26. The smallest absolute Gasteiger partial charge is 0.263 e. The largest absolute Gasteiger partial charge is 0.496 e. The number of ether oxygens (including phenoxy) is 2. The van der Waals surface area contributed by atoms with Gasteiger partial charge in [0.1, 0.15) is 11.5 Å². The van der Waals surface area contributed by atoms with Crippen molar-refractivity contribution in [3.63, 3.8) is 0 Å². The molecule has 0 saturated heterocycles. The maximum atomic E-state index is 12.6. The van der Waals surface area contributed by atoms with Crippen molar-refractivity contribution >= 4 is 5.91 Å². The number of benzene rings is 2. The van der Waals surface area contributed by atoms with E-state index >= 15 is 0 Å². The minimum absolute atomic E-state index is 0.0733. The molecule has 26 heavy (non-hydrogen) atoms. The molecule has 0 heterocycles. The summed E-state index contributed by atoms with van der Waals surface area (Å²) in [6.45, 7) is 8.75. The van der Waals surface area contributed by atoms with E-state index in [1.807, 2.05) is 48.5 Å². The number of amides is 1. The summed E-state index contributed by atoms with van der Waals surface area (Å²) in [6.07, 6.45) is -0.560. The Bertz CT molecular complexity index is 732. The van der Waals surface area contributed by atoms with Gasteiger partial charge in [-0.05, 0) is 36.1 Å². The second-order valence-electron chi connectivity index (χ2n) is 7.54. The lowest BCUT2D eigenvalue weighted by Crippen LogP contribution is -2.37. The zero-order valence-electron chi connectivity index (χ0n) is 16.6. The quantitative estimate of drug-likeness (QED) is 0.770. The van der Waals surface area contributed by atoms with Crippen LogP contribution in [0, 0.1) is 0 Å². The number of nitrogens with zero attached hydrogens (tertiary/aromatic N) is 1. The van der Waals surface area contributed by atoms with Gasteiger partial charge in [0.15, 0.2) is 6.10 Å². The molecule has 4 nitrogen and oxygen atoms in total. The Morgan fingerprint density at radius 2 is 1.69 bits per heavy atom. The van der Waals surface area contributed by atoms with E-state index in [2.05, 4.69) is 20.8 Å². The fourth-order valence-corrected chi connectivity index (χ4v) is 2.77. The first-order chi connectivity index (χ1) is 12.2. The molecule has 1 amide bonds. The third-order valence-corrected chi connectivity index (χ3v) is 4.36. The highest BCUT2D eigenvalue weighted by Crippen LogP contribution is 2.25. The normalized spacial score (nSPS) is 12.4. The number of hydrogen-bond acceptors (Lipinski definition) is 3. The molecule has 140 valence electrons. The average Bonchev–Trinajstić information content (AvgIpc) is 2.61. The van der Waals surface area contributed by atoms with E-state index < -0.39 is 6.10 Å². The topological polar surface area (TPSA) is 38.8 Å². The number of likely N-dealkylation sites (N-methyl/N-ethyl adjacent to an activating group) is 1. The maximum absolute atomic E-state index is 12.6. The molecule has 0 aliphatic heterocycles. The van der Waals surface area contributed by atoms with Crippen LogP contribution in [0.3, 0.4) is 0 Å². The Morgan fingerprint density at radius 3 is 2.27 bits per heavy atom. The summed E-state index contributed by atoms with van der Waals surface area (Å²) in [5.74, 6) is 1.40. The third kappa shape index (κ3) is 5.01. The Balaban J connectivity index is 2.00. The van der Waals surface area contributed by atoms with Gasteiger partial charge in [0.05, 0.1) is 7.11 Å². The maximum Gasteiger partial charge on any atom is 0.263 e. The number of rotatable bonds is 6. The molecule has 0 fully saturated rings. The van der Waals surface area contributed by atoms with Gasteiger partial charge in [0.2, 0.25) is 0 Å². The highest BCUT2D eigenvalue weighted by atomic mass is 16.5. The minimum atomic E-state index is -0.560. The van der Waals surface area contributed by atoms with Gasteiger partial charge < -0.3 is 14.4 Å². The molecule has 0 aromatic heterocycles. The van der Waals surface area contributed by atoms with Crippen LogP contribution in [0.2, 0.25) is 0 Å². The van der Waals surface area contributed by atoms with Crippen LogP contribution in [-0.2, 0) is 16.8 Å². The van der Waals surface area contributed by atoms with E-state index in [1.165, 1.54) is 5.56 Å². The van der Waals surface area contributed by atoms with Crippen molar-refractivity contribution in [2.75, 3.05) is 14.2 Å². The van der Waals surface area contributed by atoms with Crippen molar-refractivity contribution in [2.24, 2.45) is 0 Å². The van der Waals surface area contributed by atoms with Gasteiger partial charge in [-0.25, -0.2) is 0 Å². The molecule has 0 saturated carbocycles. The molecule has 0 aliphatic carbocycles. The van der Waals surface area contributed by atoms with Crippen molar-refractivity contribution in [1.82, 2.24) is 4.90 Å². The average molecular weight is 355 g/mol. The molecule has 2 aromatic rings. The van der Waals surface area contributed by atoms with E-state index in [9.17, 15) is 4.79 Å². The van der Waals surface area contributed by atoms with Crippen molar-refractivity contribution in [2.45, 2.75) is 45.8 Å². The van der Waals surface area contributed by atoms with Gasteiger partial charge in [-0.3, -0.25) is 4.79 Å². The molecule has 0 bridgehead atoms. The fraction of sp³-hybridized carbons (Fsp3) is 0.409. The monoisotopic (exact) mass is 355 g/mol. The van der Waals surface area contributed by atoms with E-state index in [0.717, 1.165) is 11.3 Å². The first-order valence-corrected chi connectivity index (χ1v) is 8.86. The summed E-state index contributed by atoms with van der Waals surface area (Å²) in [6, 6.07) is 15.6. The number of carbonyl (C=O) groups is 1. The van der Waals surface area contributed by atoms with Gasteiger partial charge in [-0.15, -0.1) is 0 Å². The molecular weight excluding hydrogens is 326 g/mol. The van der Waals surface area contributed by atoms with E-state index in [1.54, 1.807) is 26.0 Å². The fourth-order valence-electron chi connectivity index (χ4n) is 2.77. The molecule has 0 unspecified atom stereocenters. The van der Waals surface area contributed by atoms with Crippen LogP contribution in [-0.4, -0.2) is 31.1 Å². The van der Waals surface area contributed by atoms with Crippen LogP contribution in [0.15, 0.2) is 48.5 Å². The molecular formula is C22H29NO3. The molecule has 4 heteroatoms. The molecule has 0 radical (unpaired) electrons. The van der Waals surface area contributed by atoms with Crippen LogP contribution in [0.5, 0.6) is 11.5 Å². The minimum Gasteiger partial charge on any atom is -0.496 e. The summed E-state index contributed by atoms with van der Waals surface area (Å²) >= 11 is 0. The van der Waals surface area contributed by atoms with Crippen LogP contribution >= 0.6 is 0 Å². The van der Waals surface area contributed by atoms with Gasteiger partial charge in [0.25, 0.3) is 5.91 Å². The Kier molecular flexibility index (Phi) is 6.30. The molecule has 2 aromatic carbocycles. The van der Waals surface area contributed by atoms with Crippen molar-refractivity contribution < 1.29 is 14.3 Å². The van der Waals surface area contributed by atoms with Crippen LogP contribution in [0.25, 0.3) is 0 Å². The van der Waals surface area contributed by atoms with Crippen LogP contribution in [0.1, 0.15) is 38.8 Å². The van der Waals surface area contributed by atoms with Gasteiger partial charge in [0, 0.05) is 19.2 Å². The standard InChI is InChI=1S/C22H29NO3/c1-16(26-19-13-11-18(12-14-19)22(2,3)4)21(24)23(5)15-17-9-7-8-10-20(17)25-6/h7-14,16H,15H2,1-6H3/t16-/m1/s1. The third-order valence-electron chi connectivity index (χ3n) is 4.36. The summed E-state index contributed by atoms with van der Waals surface area (Å²) in [5.41, 5.74) is 2.29. The number of methoxy groups -OCH3 is 1. The van der Waals surface area contributed by atoms with Crippen LogP contribution in [0.4, 0.5) is 0 Å². The van der Waals surface area contributed by atoms with Gasteiger partial charge in [-0.2, -0.15) is 0 Å². The zero-order valence-corrected chi connectivity index (χ0v) is 16.6. The first kappa shape index (κ1) is 19.8. The van der Waals surface area contributed by atoms with Gasteiger partial charge in [-0.1, -0.05) is 51.1 Å². The second-order valence-corrected chi connectivity index (χ2v) is 7.54. The predicted molar refractivity (Wildman–Crippen MR) is 105 cm³/mol. The Labute approximate surface area is 156 Å². The van der Waals surface area contributed by atoms with E-state index in [-0.39, 0.29) is 11.3 Å². The molecule has 0 N–H and O–H groups in total. The van der Waals surface area contributed by atoms with E-state index in [4.69, 9.17) is 9.47 Å². The lowest BCUT2D eigenvalue weighted by molar-refractivity contribution is -0.137. The Morgan fingerprint density at radius 1 is 1.08 bits per heavy atom. The molecule has 0 spiro atoms. The van der Waals surface area contributed by atoms with Crippen molar-refractivity contribution in [3.8, 4) is 11.5 Å². The predicted octanol–water partition coefficient (Wildman–Crippen LogP) is 4.42.